The van der Waals surface area contributed by atoms with E-state index in [2.05, 4.69) is 45.1 Å². The number of nitrogens with one attached hydrogen (secondary N) is 1. The van der Waals surface area contributed by atoms with Crippen LogP contribution >= 0.6 is 0 Å². The first-order valence-corrected chi connectivity index (χ1v) is 7.69. The normalized spacial score (nSPS) is 13.0. The largest absolute Gasteiger partial charge is 0.468 e. The molecule has 0 spiro atoms. The maximum absolute atomic E-state index is 11.8. The van der Waals surface area contributed by atoms with E-state index in [4.69, 9.17) is 4.74 Å². The van der Waals surface area contributed by atoms with E-state index in [-0.39, 0.29) is 5.97 Å². The van der Waals surface area contributed by atoms with E-state index in [0.29, 0.717) is 5.41 Å². The average molecular weight is 291 g/mol. The van der Waals surface area contributed by atoms with Crippen LogP contribution in [0.3, 0.4) is 0 Å². The Hall–Kier alpha value is -1.35. The van der Waals surface area contributed by atoms with Gasteiger partial charge in [-0.15, -0.1) is 0 Å². The molecule has 118 valence electrons. The molecule has 1 N–H and O–H groups in total. The summed E-state index contributed by atoms with van der Waals surface area (Å²) >= 11 is 0. The Morgan fingerprint density at radius 2 is 2.05 bits per heavy atom. The molecule has 0 heterocycles. The minimum Gasteiger partial charge on any atom is -0.468 e. The lowest BCUT2D eigenvalue weighted by Crippen LogP contribution is -2.26. The third-order valence-corrected chi connectivity index (χ3v) is 4.45. The van der Waals surface area contributed by atoms with E-state index < -0.39 is 6.04 Å². The van der Waals surface area contributed by atoms with Crippen molar-refractivity contribution in [1.82, 2.24) is 5.32 Å². The van der Waals surface area contributed by atoms with E-state index >= 15 is 0 Å². The predicted octanol–water partition coefficient (Wildman–Crippen LogP) is 3.80. The molecular weight excluding hydrogens is 262 g/mol. The van der Waals surface area contributed by atoms with E-state index in [1.807, 2.05) is 6.07 Å². The Balaban J connectivity index is 2.87. The van der Waals surface area contributed by atoms with Gasteiger partial charge in [0.2, 0.25) is 0 Å². The zero-order valence-electron chi connectivity index (χ0n) is 14.2. The second-order valence-electron chi connectivity index (χ2n) is 6.45. The van der Waals surface area contributed by atoms with Gasteiger partial charge < -0.3 is 10.1 Å². The lowest BCUT2D eigenvalue weighted by molar-refractivity contribution is -0.143. The molecule has 0 aromatic heterocycles. The second-order valence-corrected chi connectivity index (χ2v) is 6.45. The second kappa shape index (κ2) is 7.60. The van der Waals surface area contributed by atoms with Gasteiger partial charge in [0.05, 0.1) is 7.11 Å². The minimum atomic E-state index is -0.394. The average Bonchev–Trinajstić information content (AvgIpc) is 2.47. The SMILES string of the molecule is CCC(C)(C)CCc1ccc(C(NC)C(=O)OC)cc1C. The quantitative estimate of drug-likeness (QED) is 0.777. The number of esters is 1. The van der Waals surface area contributed by atoms with E-state index in [0.717, 1.165) is 12.0 Å². The summed E-state index contributed by atoms with van der Waals surface area (Å²) in [5, 5.41) is 3.01. The maximum Gasteiger partial charge on any atom is 0.327 e. The number of rotatable bonds is 7. The monoisotopic (exact) mass is 291 g/mol. The number of hydrogen-bond donors (Lipinski definition) is 1. The van der Waals surface area contributed by atoms with E-state index in [9.17, 15) is 4.79 Å². The van der Waals surface area contributed by atoms with Crippen LogP contribution in [-0.4, -0.2) is 20.1 Å². The van der Waals surface area contributed by atoms with Crippen LogP contribution in [0.2, 0.25) is 0 Å². The van der Waals surface area contributed by atoms with Crippen molar-refractivity contribution < 1.29 is 9.53 Å². The van der Waals surface area contributed by atoms with Crippen molar-refractivity contribution in [2.75, 3.05) is 14.2 Å². The van der Waals surface area contributed by atoms with Crippen molar-refractivity contribution in [2.45, 2.75) is 53.0 Å². The Bertz CT molecular complexity index is 480. The van der Waals surface area contributed by atoms with Gasteiger partial charge in [0.15, 0.2) is 0 Å². The third-order valence-electron chi connectivity index (χ3n) is 4.45. The molecule has 0 saturated heterocycles. The highest BCUT2D eigenvalue weighted by Gasteiger charge is 2.20. The molecule has 0 bridgehead atoms. The number of carbonyl (C=O) groups excluding carboxylic acids is 1. The molecule has 3 heteroatoms. The zero-order valence-corrected chi connectivity index (χ0v) is 14.2. The van der Waals surface area contributed by atoms with Crippen LogP contribution < -0.4 is 5.32 Å². The number of aryl methyl sites for hydroxylation is 2. The summed E-state index contributed by atoms with van der Waals surface area (Å²) in [4.78, 5) is 11.8. The molecule has 0 saturated carbocycles. The summed E-state index contributed by atoms with van der Waals surface area (Å²) in [6.45, 7) is 8.97. The number of ether oxygens (including phenoxy) is 1. The van der Waals surface area contributed by atoms with Gasteiger partial charge in [-0.3, -0.25) is 0 Å². The van der Waals surface area contributed by atoms with Gasteiger partial charge in [0.1, 0.15) is 6.04 Å². The molecule has 1 rings (SSSR count). The van der Waals surface area contributed by atoms with Gasteiger partial charge in [-0.25, -0.2) is 4.79 Å². The van der Waals surface area contributed by atoms with Gasteiger partial charge in [-0.05, 0) is 48.9 Å². The van der Waals surface area contributed by atoms with Crippen molar-refractivity contribution in [1.29, 1.82) is 0 Å². The Morgan fingerprint density at radius 1 is 1.38 bits per heavy atom. The highest BCUT2D eigenvalue weighted by atomic mass is 16.5. The molecule has 0 amide bonds. The topological polar surface area (TPSA) is 38.3 Å². The molecule has 1 atom stereocenters. The van der Waals surface area contributed by atoms with Crippen LogP contribution in [-0.2, 0) is 16.0 Å². The zero-order chi connectivity index (χ0) is 16.0. The maximum atomic E-state index is 11.8. The smallest absolute Gasteiger partial charge is 0.327 e. The molecule has 1 unspecified atom stereocenters. The van der Waals surface area contributed by atoms with E-state index in [1.165, 1.54) is 31.1 Å². The molecular formula is C18H29NO2. The van der Waals surface area contributed by atoms with Gasteiger partial charge >= 0.3 is 5.97 Å². The third kappa shape index (κ3) is 4.85. The molecule has 0 radical (unpaired) electrons. The molecule has 0 aliphatic heterocycles. The minimum absolute atomic E-state index is 0.253. The summed E-state index contributed by atoms with van der Waals surface area (Å²) in [7, 11) is 3.19. The summed E-state index contributed by atoms with van der Waals surface area (Å²) in [5.74, 6) is -0.253. The van der Waals surface area contributed by atoms with Crippen molar-refractivity contribution in [2.24, 2.45) is 5.41 Å². The fraction of sp³-hybridized carbons (Fsp3) is 0.611. The van der Waals surface area contributed by atoms with Crippen LogP contribution in [0.1, 0.15) is 56.3 Å². The fourth-order valence-electron chi connectivity index (χ4n) is 2.37. The standard InChI is InChI=1S/C18H29NO2/c1-7-18(3,4)11-10-14-8-9-15(12-13(14)2)16(19-5)17(20)21-6/h8-9,12,16,19H,7,10-11H2,1-6H3. The number of benzene rings is 1. The Morgan fingerprint density at radius 3 is 2.52 bits per heavy atom. The summed E-state index contributed by atoms with van der Waals surface area (Å²) in [6.07, 6.45) is 3.44. The molecule has 1 aromatic rings. The predicted molar refractivity (Wildman–Crippen MR) is 87.4 cm³/mol. The van der Waals surface area contributed by atoms with Crippen molar-refractivity contribution in [3.63, 3.8) is 0 Å². The van der Waals surface area contributed by atoms with Gasteiger partial charge in [-0.2, -0.15) is 0 Å². The lowest BCUT2D eigenvalue weighted by atomic mass is 9.83. The van der Waals surface area contributed by atoms with Crippen LogP contribution in [0.4, 0.5) is 0 Å². The van der Waals surface area contributed by atoms with Crippen LogP contribution in [0.25, 0.3) is 0 Å². The number of hydrogen-bond acceptors (Lipinski definition) is 3. The molecule has 0 aliphatic rings. The fourth-order valence-corrected chi connectivity index (χ4v) is 2.37. The molecule has 0 fully saturated rings. The first kappa shape index (κ1) is 17.7. The van der Waals surface area contributed by atoms with E-state index in [1.54, 1.807) is 7.05 Å². The van der Waals surface area contributed by atoms with Crippen molar-refractivity contribution in [3.05, 3.63) is 34.9 Å². The van der Waals surface area contributed by atoms with Crippen LogP contribution in [0.5, 0.6) is 0 Å². The first-order valence-electron chi connectivity index (χ1n) is 7.69. The lowest BCUT2D eigenvalue weighted by Gasteiger charge is -2.23. The van der Waals surface area contributed by atoms with Gasteiger partial charge in [-0.1, -0.05) is 45.4 Å². The Labute approximate surface area is 129 Å². The highest BCUT2D eigenvalue weighted by molar-refractivity contribution is 5.77. The summed E-state index contributed by atoms with van der Waals surface area (Å²) < 4.78 is 4.83. The molecule has 0 aliphatic carbocycles. The van der Waals surface area contributed by atoms with Crippen LogP contribution in [0.15, 0.2) is 18.2 Å². The van der Waals surface area contributed by atoms with Crippen molar-refractivity contribution >= 4 is 5.97 Å². The van der Waals surface area contributed by atoms with Crippen LogP contribution in [0, 0.1) is 12.3 Å². The number of carbonyl (C=O) groups is 1. The number of methoxy groups -OCH3 is 1. The van der Waals surface area contributed by atoms with Gasteiger partial charge in [0, 0.05) is 0 Å². The summed E-state index contributed by atoms with van der Waals surface area (Å²) in [5.41, 5.74) is 3.94. The van der Waals surface area contributed by atoms with Gasteiger partial charge in [0.25, 0.3) is 0 Å². The highest BCUT2D eigenvalue weighted by Crippen LogP contribution is 2.28. The summed E-state index contributed by atoms with van der Waals surface area (Å²) in [6, 6.07) is 5.87. The van der Waals surface area contributed by atoms with Crippen molar-refractivity contribution in [3.8, 4) is 0 Å². The first-order chi connectivity index (χ1) is 9.84. The molecule has 3 nitrogen and oxygen atoms in total. The number of likely N-dealkylation sites (N-methyl/N-ethyl adjacent to an activating group) is 1. The Kier molecular flexibility index (Phi) is 6.41. The molecule has 1 aromatic carbocycles. The molecule has 21 heavy (non-hydrogen) atoms.